The number of fused-ring (bicyclic) bond motifs is 1. The number of amides is 1. The number of ether oxygens (including phenoxy) is 3. The number of nitrogens with zero attached hydrogens (tertiary/aromatic N) is 1. The van der Waals surface area contributed by atoms with Gasteiger partial charge in [0.05, 0.1) is 0 Å². The summed E-state index contributed by atoms with van der Waals surface area (Å²) in [5.74, 6) is 2.08. The zero-order valence-corrected chi connectivity index (χ0v) is 11.5. The molecule has 0 radical (unpaired) electrons. The van der Waals surface area contributed by atoms with Gasteiger partial charge in [-0.05, 0) is 31.2 Å². The van der Waals surface area contributed by atoms with Crippen molar-refractivity contribution in [1.29, 1.82) is 0 Å². The lowest BCUT2D eigenvalue weighted by atomic mass is 10.3. The lowest BCUT2D eigenvalue weighted by Gasteiger charge is -2.08. The molecule has 108 valence electrons. The van der Waals surface area contributed by atoms with E-state index in [0.717, 1.165) is 5.69 Å². The number of anilines is 1. The molecule has 3 rings (SSSR count). The number of benzene rings is 1. The van der Waals surface area contributed by atoms with Gasteiger partial charge in [0.15, 0.2) is 18.1 Å². The van der Waals surface area contributed by atoms with E-state index in [9.17, 15) is 4.79 Å². The third-order valence-corrected chi connectivity index (χ3v) is 2.87. The van der Waals surface area contributed by atoms with Gasteiger partial charge >= 0.3 is 0 Å². The molecule has 21 heavy (non-hydrogen) atoms. The third kappa shape index (κ3) is 3.22. The van der Waals surface area contributed by atoms with Crippen LogP contribution >= 0.6 is 0 Å². The summed E-state index contributed by atoms with van der Waals surface area (Å²) in [6.07, 6.45) is 0. The Kier molecular flexibility index (Phi) is 3.59. The van der Waals surface area contributed by atoms with Crippen LogP contribution in [0.15, 0.2) is 36.4 Å². The van der Waals surface area contributed by atoms with Gasteiger partial charge in [0.25, 0.3) is 5.91 Å². The van der Waals surface area contributed by atoms with Gasteiger partial charge in [-0.3, -0.25) is 4.79 Å². The molecule has 1 aromatic heterocycles. The molecule has 1 amide bonds. The molecule has 0 unspecified atom stereocenters. The van der Waals surface area contributed by atoms with Gasteiger partial charge in [0.2, 0.25) is 6.79 Å². The smallest absolute Gasteiger partial charge is 0.263 e. The Morgan fingerprint density at radius 1 is 1.29 bits per heavy atom. The lowest BCUT2D eigenvalue weighted by molar-refractivity contribution is -0.118. The highest BCUT2D eigenvalue weighted by Crippen LogP contribution is 2.34. The molecule has 0 saturated heterocycles. The molecule has 2 aromatic rings. The number of hydrogen-bond acceptors (Lipinski definition) is 5. The summed E-state index contributed by atoms with van der Waals surface area (Å²) in [5, 5.41) is 2.67. The van der Waals surface area contributed by atoms with Crippen molar-refractivity contribution in [2.75, 3.05) is 18.7 Å². The van der Waals surface area contributed by atoms with Crippen LogP contribution in [0.4, 0.5) is 5.82 Å². The zero-order chi connectivity index (χ0) is 14.7. The fourth-order valence-electron chi connectivity index (χ4n) is 1.91. The average molecular weight is 286 g/mol. The van der Waals surface area contributed by atoms with Crippen LogP contribution in [-0.4, -0.2) is 24.3 Å². The molecule has 1 aliphatic heterocycles. The van der Waals surface area contributed by atoms with Crippen LogP contribution in [0.1, 0.15) is 5.69 Å². The molecule has 1 aliphatic rings. The highest BCUT2D eigenvalue weighted by molar-refractivity contribution is 5.90. The predicted molar refractivity (Wildman–Crippen MR) is 75.7 cm³/mol. The van der Waals surface area contributed by atoms with E-state index in [4.69, 9.17) is 14.2 Å². The lowest BCUT2D eigenvalue weighted by Crippen LogP contribution is -2.20. The maximum atomic E-state index is 11.8. The van der Waals surface area contributed by atoms with Gasteiger partial charge in [0, 0.05) is 11.8 Å². The van der Waals surface area contributed by atoms with Gasteiger partial charge in [-0.2, -0.15) is 0 Å². The van der Waals surface area contributed by atoms with E-state index >= 15 is 0 Å². The van der Waals surface area contributed by atoms with Crippen molar-refractivity contribution < 1.29 is 19.0 Å². The number of rotatable bonds is 4. The van der Waals surface area contributed by atoms with E-state index < -0.39 is 0 Å². The highest BCUT2D eigenvalue weighted by atomic mass is 16.7. The van der Waals surface area contributed by atoms with Crippen LogP contribution in [0, 0.1) is 6.92 Å². The Hall–Kier alpha value is -2.76. The van der Waals surface area contributed by atoms with Crippen molar-refractivity contribution in [3.8, 4) is 17.2 Å². The number of carbonyl (C=O) groups excluding carboxylic acids is 1. The number of aryl methyl sites for hydroxylation is 1. The second kappa shape index (κ2) is 5.70. The summed E-state index contributed by atoms with van der Waals surface area (Å²) in [6.45, 7) is 1.96. The number of carbonyl (C=O) groups is 1. The number of nitrogens with one attached hydrogen (secondary N) is 1. The molecule has 6 nitrogen and oxygen atoms in total. The Bertz CT molecular complexity index is 672. The Balaban J connectivity index is 1.56. The molecule has 1 aromatic carbocycles. The SMILES string of the molecule is Cc1cccc(NC(=O)COc2ccc3c(c2)OCO3)n1. The van der Waals surface area contributed by atoms with E-state index in [1.807, 2.05) is 19.1 Å². The van der Waals surface area contributed by atoms with Crippen LogP contribution in [0.5, 0.6) is 17.2 Å². The first-order valence-corrected chi connectivity index (χ1v) is 6.47. The van der Waals surface area contributed by atoms with Crippen molar-refractivity contribution in [1.82, 2.24) is 4.98 Å². The van der Waals surface area contributed by atoms with Gasteiger partial charge in [-0.1, -0.05) is 6.07 Å². The quantitative estimate of drug-likeness (QED) is 0.932. The molecular formula is C15H14N2O4. The minimum atomic E-state index is -0.272. The normalized spacial score (nSPS) is 12.0. The van der Waals surface area contributed by atoms with Gasteiger partial charge in [0.1, 0.15) is 11.6 Å². The Morgan fingerprint density at radius 2 is 2.14 bits per heavy atom. The van der Waals surface area contributed by atoms with E-state index in [1.54, 1.807) is 24.3 Å². The summed E-state index contributed by atoms with van der Waals surface area (Å²) in [7, 11) is 0. The summed E-state index contributed by atoms with van der Waals surface area (Å²) in [5.41, 5.74) is 0.837. The fourth-order valence-corrected chi connectivity index (χ4v) is 1.91. The van der Waals surface area contributed by atoms with E-state index in [2.05, 4.69) is 10.3 Å². The number of pyridine rings is 1. The number of hydrogen-bond donors (Lipinski definition) is 1. The van der Waals surface area contributed by atoms with Crippen LogP contribution < -0.4 is 19.5 Å². The van der Waals surface area contributed by atoms with Crippen LogP contribution in [0.25, 0.3) is 0 Å². The summed E-state index contributed by atoms with van der Waals surface area (Å²) < 4.78 is 15.9. The molecule has 0 bridgehead atoms. The van der Waals surface area contributed by atoms with E-state index in [-0.39, 0.29) is 19.3 Å². The molecule has 0 aliphatic carbocycles. The first kappa shape index (κ1) is 13.2. The van der Waals surface area contributed by atoms with Crippen molar-refractivity contribution >= 4 is 11.7 Å². The molecule has 0 spiro atoms. The van der Waals surface area contributed by atoms with Crippen LogP contribution in [0.3, 0.4) is 0 Å². The molecule has 0 atom stereocenters. The maximum absolute atomic E-state index is 11.8. The van der Waals surface area contributed by atoms with Crippen molar-refractivity contribution in [3.05, 3.63) is 42.1 Å². The molecular weight excluding hydrogens is 272 g/mol. The Morgan fingerprint density at radius 3 is 3.00 bits per heavy atom. The van der Waals surface area contributed by atoms with Crippen molar-refractivity contribution in [3.63, 3.8) is 0 Å². The van der Waals surface area contributed by atoms with Crippen molar-refractivity contribution in [2.24, 2.45) is 0 Å². The zero-order valence-electron chi connectivity index (χ0n) is 11.5. The van der Waals surface area contributed by atoms with Crippen molar-refractivity contribution in [2.45, 2.75) is 6.92 Å². The standard InChI is InChI=1S/C15H14N2O4/c1-10-3-2-4-14(16-10)17-15(18)8-19-11-5-6-12-13(7-11)21-9-20-12/h2-7H,8-9H2,1H3,(H,16,17,18). The molecule has 2 heterocycles. The first-order valence-electron chi connectivity index (χ1n) is 6.47. The number of aromatic nitrogens is 1. The van der Waals surface area contributed by atoms with E-state index in [1.165, 1.54) is 0 Å². The average Bonchev–Trinajstić information content (AvgIpc) is 2.92. The Labute approximate surface area is 121 Å². The van der Waals surface area contributed by atoms with E-state index in [0.29, 0.717) is 23.1 Å². The minimum absolute atomic E-state index is 0.102. The summed E-state index contributed by atoms with van der Waals surface area (Å²) in [6, 6.07) is 10.6. The van der Waals surface area contributed by atoms with Crippen LogP contribution in [0.2, 0.25) is 0 Å². The molecule has 6 heteroatoms. The highest BCUT2D eigenvalue weighted by Gasteiger charge is 2.14. The summed E-state index contributed by atoms with van der Waals surface area (Å²) >= 11 is 0. The molecule has 0 fully saturated rings. The minimum Gasteiger partial charge on any atom is -0.484 e. The van der Waals surface area contributed by atoms with Gasteiger partial charge in [-0.15, -0.1) is 0 Å². The second-order valence-electron chi connectivity index (χ2n) is 4.52. The first-order chi connectivity index (χ1) is 10.2. The second-order valence-corrected chi connectivity index (χ2v) is 4.52. The fraction of sp³-hybridized carbons (Fsp3) is 0.200. The van der Waals surface area contributed by atoms with Gasteiger partial charge < -0.3 is 19.5 Å². The van der Waals surface area contributed by atoms with Crippen LogP contribution in [-0.2, 0) is 4.79 Å². The molecule has 1 N–H and O–H groups in total. The summed E-state index contributed by atoms with van der Waals surface area (Å²) in [4.78, 5) is 16.0. The van der Waals surface area contributed by atoms with Gasteiger partial charge in [-0.25, -0.2) is 4.98 Å². The largest absolute Gasteiger partial charge is 0.484 e. The topological polar surface area (TPSA) is 69.7 Å². The third-order valence-electron chi connectivity index (χ3n) is 2.87. The predicted octanol–water partition coefficient (Wildman–Crippen LogP) is 2.14. The maximum Gasteiger partial charge on any atom is 0.263 e. The molecule has 0 saturated carbocycles. The monoisotopic (exact) mass is 286 g/mol.